The Labute approximate surface area is 173 Å². The van der Waals surface area contributed by atoms with Gasteiger partial charge in [0.1, 0.15) is 0 Å². The molecule has 2 saturated heterocycles. The van der Waals surface area contributed by atoms with Gasteiger partial charge in [0.05, 0.1) is 0 Å². The number of likely N-dealkylation sites (tertiary alicyclic amines) is 1. The molecule has 2 aliphatic carbocycles. The number of piperidine rings is 1. The zero-order valence-corrected chi connectivity index (χ0v) is 17.9. The highest BCUT2D eigenvalue weighted by atomic mass is 32.2. The molecule has 2 atom stereocenters. The van der Waals surface area contributed by atoms with E-state index in [0.29, 0.717) is 19.0 Å². The van der Waals surface area contributed by atoms with E-state index in [4.69, 9.17) is 0 Å². The summed E-state index contributed by atoms with van der Waals surface area (Å²) in [5.74, 6) is 0.565. The minimum atomic E-state index is -3.85. The summed E-state index contributed by atoms with van der Waals surface area (Å²) >= 11 is 0. The Balaban J connectivity index is 1.31. The summed E-state index contributed by atoms with van der Waals surface area (Å²) in [6.45, 7) is 1.95. The molecule has 0 saturated carbocycles. The SMILES string of the molecule is CN1CCC2CCN(S(=O)(=O)NC(=O)Nc3c4c(cc5c3CCC5)CCC4)CC21. The molecule has 8 heteroatoms. The third-order valence-corrected chi connectivity index (χ3v) is 8.83. The number of carbonyl (C=O) groups excluding carboxylic acids is 1. The highest BCUT2D eigenvalue weighted by molar-refractivity contribution is 7.87. The zero-order chi connectivity index (χ0) is 20.2. The number of likely N-dealkylation sites (N-methyl/N-ethyl adjacent to an activating group) is 1. The molecule has 29 heavy (non-hydrogen) atoms. The van der Waals surface area contributed by atoms with Gasteiger partial charge < -0.3 is 10.2 Å². The van der Waals surface area contributed by atoms with E-state index >= 15 is 0 Å². The molecule has 2 fully saturated rings. The van der Waals surface area contributed by atoms with E-state index in [9.17, 15) is 13.2 Å². The highest BCUT2D eigenvalue weighted by Crippen LogP contribution is 2.38. The second-order valence-electron chi connectivity index (χ2n) is 9.04. The molecular formula is C21H30N4O3S. The van der Waals surface area contributed by atoms with Crippen LogP contribution in [0.25, 0.3) is 0 Å². The number of benzene rings is 1. The fourth-order valence-corrected chi connectivity index (χ4v) is 6.94. The average molecular weight is 419 g/mol. The summed E-state index contributed by atoms with van der Waals surface area (Å²) < 4.78 is 29.5. The molecule has 0 spiro atoms. The van der Waals surface area contributed by atoms with Crippen molar-refractivity contribution in [3.63, 3.8) is 0 Å². The zero-order valence-electron chi connectivity index (χ0n) is 17.0. The molecule has 158 valence electrons. The van der Waals surface area contributed by atoms with Crippen molar-refractivity contribution in [2.75, 3.05) is 32.0 Å². The van der Waals surface area contributed by atoms with Crippen LogP contribution >= 0.6 is 0 Å². The predicted molar refractivity (Wildman–Crippen MR) is 112 cm³/mol. The van der Waals surface area contributed by atoms with Crippen LogP contribution in [0, 0.1) is 5.92 Å². The average Bonchev–Trinajstić information content (AvgIpc) is 3.41. The summed E-state index contributed by atoms with van der Waals surface area (Å²) in [5.41, 5.74) is 5.90. The number of nitrogens with one attached hydrogen (secondary N) is 2. The van der Waals surface area contributed by atoms with Gasteiger partial charge in [-0.15, -0.1) is 0 Å². The van der Waals surface area contributed by atoms with Gasteiger partial charge in [-0.05, 0) is 93.1 Å². The monoisotopic (exact) mass is 418 g/mol. The number of carbonyl (C=O) groups is 1. The normalized spacial score (nSPS) is 26.8. The van der Waals surface area contributed by atoms with Crippen molar-refractivity contribution in [1.29, 1.82) is 0 Å². The predicted octanol–water partition coefficient (Wildman–Crippen LogP) is 2.06. The van der Waals surface area contributed by atoms with E-state index in [2.05, 4.69) is 28.1 Å². The van der Waals surface area contributed by atoms with Crippen LogP contribution in [0.15, 0.2) is 6.07 Å². The van der Waals surface area contributed by atoms with Gasteiger partial charge in [-0.25, -0.2) is 9.52 Å². The number of amides is 2. The second-order valence-corrected chi connectivity index (χ2v) is 10.7. The molecule has 2 unspecified atom stereocenters. The molecule has 2 aliphatic heterocycles. The first-order valence-electron chi connectivity index (χ1n) is 10.9. The van der Waals surface area contributed by atoms with E-state index in [1.54, 1.807) is 0 Å². The first-order valence-corrected chi connectivity index (χ1v) is 12.3. The van der Waals surface area contributed by atoms with E-state index < -0.39 is 16.2 Å². The van der Waals surface area contributed by atoms with Gasteiger partial charge >= 0.3 is 16.2 Å². The first-order chi connectivity index (χ1) is 13.9. The van der Waals surface area contributed by atoms with E-state index in [0.717, 1.165) is 63.6 Å². The van der Waals surface area contributed by atoms with Crippen LogP contribution in [0.4, 0.5) is 10.5 Å². The van der Waals surface area contributed by atoms with Crippen LogP contribution in [0.5, 0.6) is 0 Å². The Morgan fingerprint density at radius 2 is 1.69 bits per heavy atom. The van der Waals surface area contributed by atoms with Crippen LogP contribution in [0.1, 0.15) is 47.9 Å². The lowest BCUT2D eigenvalue weighted by molar-refractivity contribution is 0.174. The molecule has 2 heterocycles. The smallest absolute Gasteiger partial charge is 0.307 e. The lowest BCUT2D eigenvalue weighted by Crippen LogP contribution is -2.53. The summed E-state index contributed by atoms with van der Waals surface area (Å²) in [4.78, 5) is 15.0. The highest BCUT2D eigenvalue weighted by Gasteiger charge is 2.40. The summed E-state index contributed by atoms with van der Waals surface area (Å²) in [7, 11) is -1.80. The molecule has 1 aromatic rings. The van der Waals surface area contributed by atoms with Crippen molar-refractivity contribution in [1.82, 2.24) is 13.9 Å². The van der Waals surface area contributed by atoms with Gasteiger partial charge in [0.25, 0.3) is 0 Å². The summed E-state index contributed by atoms with van der Waals surface area (Å²) in [6.07, 6.45) is 8.17. The molecule has 7 nitrogen and oxygen atoms in total. The maximum atomic E-state index is 12.9. The van der Waals surface area contributed by atoms with Crippen LogP contribution in [-0.2, 0) is 35.9 Å². The molecule has 0 aromatic heterocycles. The lowest BCUT2D eigenvalue weighted by atomic mass is 9.93. The Kier molecular flexibility index (Phi) is 4.83. The van der Waals surface area contributed by atoms with Crippen LogP contribution in [-0.4, -0.2) is 56.4 Å². The summed E-state index contributed by atoms with van der Waals surface area (Å²) in [5, 5.41) is 2.93. The molecule has 2 N–H and O–H groups in total. The molecule has 5 rings (SSSR count). The van der Waals surface area contributed by atoms with Gasteiger partial charge in [0.2, 0.25) is 0 Å². The van der Waals surface area contributed by atoms with Crippen molar-refractivity contribution in [2.45, 2.75) is 57.4 Å². The minimum Gasteiger partial charge on any atom is -0.307 e. The van der Waals surface area contributed by atoms with Crippen molar-refractivity contribution < 1.29 is 13.2 Å². The van der Waals surface area contributed by atoms with Crippen molar-refractivity contribution in [2.24, 2.45) is 5.92 Å². The number of hydrogen-bond acceptors (Lipinski definition) is 4. The molecule has 0 radical (unpaired) electrons. The standard InChI is InChI=1S/C21H30N4O3S/c1-24-10-8-14-9-11-25(13-19(14)24)29(27,28)23-21(26)22-20-17-6-2-4-15(17)12-16-5-3-7-18(16)20/h12,14,19H,2-11,13H2,1H3,(H2,22,23,26). The Morgan fingerprint density at radius 3 is 2.38 bits per heavy atom. The quantitative estimate of drug-likeness (QED) is 0.787. The first kappa shape index (κ1) is 19.3. The molecule has 1 aromatic carbocycles. The molecule has 0 bridgehead atoms. The van der Waals surface area contributed by atoms with Gasteiger partial charge in [0, 0.05) is 24.8 Å². The van der Waals surface area contributed by atoms with Gasteiger partial charge in [-0.2, -0.15) is 12.7 Å². The number of fused-ring (bicyclic) bond motifs is 3. The number of urea groups is 1. The van der Waals surface area contributed by atoms with Crippen molar-refractivity contribution in [3.8, 4) is 0 Å². The maximum absolute atomic E-state index is 12.9. The fourth-order valence-electron chi connectivity index (χ4n) is 5.83. The van der Waals surface area contributed by atoms with Crippen LogP contribution < -0.4 is 10.0 Å². The Bertz CT molecular complexity index is 913. The third kappa shape index (κ3) is 3.45. The fraction of sp³-hybridized carbons (Fsp3) is 0.667. The maximum Gasteiger partial charge on any atom is 0.333 e. The lowest BCUT2D eigenvalue weighted by Gasteiger charge is -2.36. The van der Waals surface area contributed by atoms with Crippen LogP contribution in [0.3, 0.4) is 0 Å². The van der Waals surface area contributed by atoms with Crippen molar-refractivity contribution in [3.05, 3.63) is 28.3 Å². The molecular weight excluding hydrogens is 388 g/mol. The van der Waals surface area contributed by atoms with Gasteiger partial charge in [-0.1, -0.05) is 6.07 Å². The van der Waals surface area contributed by atoms with Gasteiger partial charge in [-0.3, -0.25) is 0 Å². The Morgan fingerprint density at radius 1 is 1.03 bits per heavy atom. The number of hydrogen-bond donors (Lipinski definition) is 2. The number of aryl methyl sites for hydroxylation is 2. The number of rotatable bonds is 3. The summed E-state index contributed by atoms with van der Waals surface area (Å²) in [6, 6.07) is 1.91. The van der Waals surface area contributed by atoms with Crippen molar-refractivity contribution >= 4 is 21.9 Å². The minimum absolute atomic E-state index is 0.254. The van der Waals surface area contributed by atoms with E-state index in [1.165, 1.54) is 26.6 Å². The van der Waals surface area contributed by atoms with Crippen LogP contribution in [0.2, 0.25) is 0 Å². The van der Waals surface area contributed by atoms with E-state index in [-0.39, 0.29) is 6.04 Å². The number of anilines is 1. The second kappa shape index (κ2) is 7.25. The van der Waals surface area contributed by atoms with Gasteiger partial charge in [0.15, 0.2) is 0 Å². The van der Waals surface area contributed by atoms with E-state index in [1.807, 2.05) is 0 Å². The molecule has 4 aliphatic rings. The largest absolute Gasteiger partial charge is 0.333 e. The third-order valence-electron chi connectivity index (χ3n) is 7.38. The molecule has 2 amide bonds. The Hall–Kier alpha value is -1.64. The topological polar surface area (TPSA) is 81.8 Å². The number of nitrogens with zero attached hydrogens (tertiary/aromatic N) is 2.